The van der Waals surface area contributed by atoms with Crippen molar-refractivity contribution in [1.82, 2.24) is 9.88 Å². The smallest absolute Gasteiger partial charge is 0.227 e. The van der Waals surface area contributed by atoms with Crippen molar-refractivity contribution in [2.75, 3.05) is 6.54 Å². The summed E-state index contributed by atoms with van der Waals surface area (Å²) < 4.78 is 1.76. The van der Waals surface area contributed by atoms with Gasteiger partial charge >= 0.3 is 0 Å². The number of aromatic nitrogens is 1. The van der Waals surface area contributed by atoms with E-state index in [2.05, 4.69) is 12.2 Å². The number of hydrogen-bond donors (Lipinski definition) is 1. The second-order valence-electron chi connectivity index (χ2n) is 3.53. The van der Waals surface area contributed by atoms with Gasteiger partial charge in [-0.25, -0.2) is 0 Å². The van der Waals surface area contributed by atoms with Crippen molar-refractivity contribution >= 4 is 5.91 Å². The zero-order valence-electron chi connectivity index (χ0n) is 8.00. The highest BCUT2D eigenvalue weighted by Crippen LogP contribution is 2.23. The van der Waals surface area contributed by atoms with Crippen LogP contribution in [0.2, 0.25) is 0 Å². The van der Waals surface area contributed by atoms with E-state index in [-0.39, 0.29) is 5.91 Å². The fourth-order valence-electron chi connectivity index (χ4n) is 1.95. The average molecular weight is 178 g/mol. The van der Waals surface area contributed by atoms with Gasteiger partial charge in [-0.15, -0.1) is 0 Å². The van der Waals surface area contributed by atoms with Crippen molar-refractivity contribution in [3.05, 3.63) is 23.5 Å². The minimum absolute atomic E-state index is 0.107. The summed E-state index contributed by atoms with van der Waals surface area (Å²) in [5.41, 5.74) is 2.44. The van der Waals surface area contributed by atoms with Crippen molar-refractivity contribution in [2.45, 2.75) is 26.3 Å². The first kappa shape index (κ1) is 8.51. The molecule has 1 aromatic rings. The lowest BCUT2D eigenvalue weighted by Crippen LogP contribution is -2.29. The molecule has 1 atom stereocenters. The van der Waals surface area contributed by atoms with Crippen LogP contribution in [0.5, 0.6) is 0 Å². The van der Waals surface area contributed by atoms with Gasteiger partial charge in [0.25, 0.3) is 0 Å². The van der Waals surface area contributed by atoms with E-state index in [4.69, 9.17) is 0 Å². The molecule has 1 unspecified atom stereocenters. The van der Waals surface area contributed by atoms with Gasteiger partial charge in [0.05, 0.1) is 0 Å². The molecule has 0 fully saturated rings. The van der Waals surface area contributed by atoms with Crippen LogP contribution in [-0.4, -0.2) is 17.0 Å². The molecule has 0 spiro atoms. The maximum atomic E-state index is 11.2. The van der Waals surface area contributed by atoms with Crippen molar-refractivity contribution in [1.29, 1.82) is 0 Å². The molecule has 0 saturated carbocycles. The van der Waals surface area contributed by atoms with Gasteiger partial charge in [0.1, 0.15) is 0 Å². The minimum Gasteiger partial charge on any atom is -0.310 e. The summed E-state index contributed by atoms with van der Waals surface area (Å²) in [5, 5.41) is 3.37. The van der Waals surface area contributed by atoms with Gasteiger partial charge in [-0.3, -0.25) is 9.36 Å². The largest absolute Gasteiger partial charge is 0.310 e. The van der Waals surface area contributed by atoms with Gasteiger partial charge in [0.2, 0.25) is 5.91 Å². The third-order valence-electron chi connectivity index (χ3n) is 2.65. The zero-order chi connectivity index (χ0) is 9.42. The van der Waals surface area contributed by atoms with Gasteiger partial charge in [0, 0.05) is 37.8 Å². The minimum atomic E-state index is 0.107. The summed E-state index contributed by atoms with van der Waals surface area (Å²) >= 11 is 0. The van der Waals surface area contributed by atoms with Gasteiger partial charge in [-0.1, -0.05) is 0 Å². The molecule has 3 nitrogen and oxygen atoms in total. The fraction of sp³-hybridized carbons (Fsp3) is 0.500. The van der Waals surface area contributed by atoms with Crippen LogP contribution >= 0.6 is 0 Å². The topological polar surface area (TPSA) is 34.0 Å². The number of nitrogens with one attached hydrogen (secondary N) is 1. The molecular weight excluding hydrogens is 164 g/mol. The Hall–Kier alpha value is -1.09. The molecule has 2 rings (SSSR count). The van der Waals surface area contributed by atoms with E-state index in [1.54, 1.807) is 11.5 Å². The number of nitrogens with zero attached hydrogens (tertiary/aromatic N) is 1. The molecule has 0 radical (unpaired) electrons. The Morgan fingerprint density at radius 1 is 1.69 bits per heavy atom. The van der Waals surface area contributed by atoms with Crippen molar-refractivity contribution in [3.8, 4) is 0 Å². The Morgan fingerprint density at radius 2 is 2.46 bits per heavy atom. The molecule has 0 aromatic carbocycles. The van der Waals surface area contributed by atoms with E-state index >= 15 is 0 Å². The van der Waals surface area contributed by atoms with Gasteiger partial charge in [-0.2, -0.15) is 0 Å². The summed E-state index contributed by atoms with van der Waals surface area (Å²) in [4.78, 5) is 11.2. The molecule has 70 valence electrons. The summed E-state index contributed by atoms with van der Waals surface area (Å²) in [5.74, 6) is 0.107. The Labute approximate surface area is 77.7 Å². The second-order valence-corrected chi connectivity index (χ2v) is 3.53. The van der Waals surface area contributed by atoms with Crippen LogP contribution in [0.15, 0.2) is 12.3 Å². The molecule has 0 amide bonds. The predicted octanol–water partition coefficient (Wildman–Crippen LogP) is 1.35. The van der Waals surface area contributed by atoms with E-state index < -0.39 is 0 Å². The van der Waals surface area contributed by atoms with Crippen LogP contribution in [0, 0.1) is 0 Å². The number of fused-ring (bicyclic) bond motifs is 1. The molecule has 2 heterocycles. The fourth-order valence-corrected chi connectivity index (χ4v) is 1.95. The molecule has 0 aliphatic carbocycles. The summed E-state index contributed by atoms with van der Waals surface area (Å²) in [7, 11) is 0. The maximum absolute atomic E-state index is 11.2. The normalized spacial score (nSPS) is 21.2. The lowest BCUT2D eigenvalue weighted by atomic mass is 10.0. The molecule has 1 aliphatic rings. The van der Waals surface area contributed by atoms with E-state index in [0.717, 1.165) is 13.0 Å². The lowest BCUT2D eigenvalue weighted by molar-refractivity contribution is 0.0933. The van der Waals surface area contributed by atoms with Crippen LogP contribution in [0.1, 0.15) is 35.9 Å². The molecular formula is C10H14N2O. The van der Waals surface area contributed by atoms with Gasteiger partial charge in [0.15, 0.2) is 0 Å². The standard InChI is InChI=1S/C10H14N2O/c1-7-9-4-6-12(8(2)13)10(9)3-5-11-7/h4,6-7,11H,3,5H2,1-2H3. The summed E-state index contributed by atoms with van der Waals surface area (Å²) in [6.07, 6.45) is 2.82. The predicted molar refractivity (Wildman–Crippen MR) is 50.9 cm³/mol. The molecule has 1 N–H and O–H groups in total. The Balaban J connectivity index is 2.47. The van der Waals surface area contributed by atoms with Gasteiger partial charge < -0.3 is 5.32 Å². The van der Waals surface area contributed by atoms with Crippen LogP contribution < -0.4 is 5.32 Å². The quantitative estimate of drug-likeness (QED) is 0.650. The molecule has 1 aromatic heterocycles. The molecule has 0 saturated heterocycles. The summed E-state index contributed by atoms with van der Waals surface area (Å²) in [6.45, 7) is 4.70. The molecule has 3 heteroatoms. The highest BCUT2D eigenvalue weighted by Gasteiger charge is 2.19. The third kappa shape index (κ3) is 1.29. The highest BCUT2D eigenvalue weighted by atomic mass is 16.1. The second kappa shape index (κ2) is 3.00. The first-order valence-electron chi connectivity index (χ1n) is 4.64. The Morgan fingerprint density at radius 3 is 3.15 bits per heavy atom. The van der Waals surface area contributed by atoms with Crippen LogP contribution in [0.25, 0.3) is 0 Å². The number of carbonyl (C=O) groups excluding carboxylic acids is 1. The van der Waals surface area contributed by atoms with E-state index in [9.17, 15) is 4.79 Å². The van der Waals surface area contributed by atoms with E-state index in [1.165, 1.54) is 11.3 Å². The third-order valence-corrected chi connectivity index (χ3v) is 2.65. The highest BCUT2D eigenvalue weighted by molar-refractivity contribution is 5.77. The number of carbonyl (C=O) groups is 1. The Kier molecular flexibility index (Phi) is 1.96. The van der Waals surface area contributed by atoms with Crippen molar-refractivity contribution in [3.63, 3.8) is 0 Å². The molecule has 13 heavy (non-hydrogen) atoms. The first-order chi connectivity index (χ1) is 6.20. The molecule has 0 bridgehead atoms. The maximum Gasteiger partial charge on any atom is 0.227 e. The zero-order valence-corrected chi connectivity index (χ0v) is 8.00. The van der Waals surface area contributed by atoms with E-state index in [0.29, 0.717) is 6.04 Å². The SMILES string of the molecule is CC(=O)n1ccc2c1CCNC2C. The van der Waals surface area contributed by atoms with Crippen molar-refractivity contribution < 1.29 is 4.79 Å². The monoisotopic (exact) mass is 178 g/mol. The summed E-state index contributed by atoms with van der Waals surface area (Å²) in [6, 6.07) is 2.41. The number of hydrogen-bond acceptors (Lipinski definition) is 2. The average Bonchev–Trinajstić information content (AvgIpc) is 2.48. The number of rotatable bonds is 0. The molecule has 1 aliphatic heterocycles. The van der Waals surface area contributed by atoms with Crippen LogP contribution in [0.3, 0.4) is 0 Å². The van der Waals surface area contributed by atoms with E-state index in [1.807, 2.05) is 12.3 Å². The van der Waals surface area contributed by atoms with Crippen LogP contribution in [0.4, 0.5) is 0 Å². The first-order valence-corrected chi connectivity index (χ1v) is 4.64. The van der Waals surface area contributed by atoms with Gasteiger partial charge in [-0.05, 0) is 18.6 Å². The Bertz CT molecular complexity index is 341. The van der Waals surface area contributed by atoms with Crippen molar-refractivity contribution in [2.24, 2.45) is 0 Å². The van der Waals surface area contributed by atoms with Crippen LogP contribution in [-0.2, 0) is 6.42 Å². The lowest BCUT2D eigenvalue weighted by Gasteiger charge is -2.21.